The Morgan fingerprint density at radius 2 is 2.36 bits per heavy atom. The molecule has 0 fully saturated rings. The lowest BCUT2D eigenvalue weighted by Crippen LogP contribution is -2.04. The minimum atomic E-state index is 0.178. The van der Waals surface area contributed by atoms with Gasteiger partial charge >= 0.3 is 0 Å². The zero-order valence-electron chi connectivity index (χ0n) is 6.37. The molecule has 0 spiro atoms. The van der Waals surface area contributed by atoms with E-state index in [2.05, 4.69) is 5.10 Å². The highest BCUT2D eigenvalue weighted by molar-refractivity contribution is 6.31. The molecule has 0 aliphatic carbocycles. The van der Waals surface area contributed by atoms with Gasteiger partial charge in [-0.05, 0) is 13.8 Å². The molecule has 0 aliphatic heterocycles. The molecule has 0 saturated heterocycles. The first-order valence-electron chi connectivity index (χ1n) is 3.30. The minimum absolute atomic E-state index is 0.178. The quantitative estimate of drug-likeness (QED) is 0.645. The zero-order valence-corrected chi connectivity index (χ0v) is 7.13. The van der Waals surface area contributed by atoms with E-state index in [4.69, 9.17) is 16.9 Å². The Balaban J connectivity index is 3.19. The van der Waals surface area contributed by atoms with Gasteiger partial charge in [-0.15, -0.1) is 0 Å². The van der Waals surface area contributed by atoms with Crippen molar-refractivity contribution < 1.29 is 0 Å². The molecule has 4 heteroatoms. The van der Waals surface area contributed by atoms with Crippen LogP contribution in [0.5, 0.6) is 0 Å². The van der Waals surface area contributed by atoms with E-state index in [1.54, 1.807) is 4.68 Å². The van der Waals surface area contributed by atoms with Gasteiger partial charge in [0.05, 0.1) is 11.2 Å². The van der Waals surface area contributed by atoms with Crippen molar-refractivity contribution in [1.82, 2.24) is 9.78 Å². The molecular weight excluding hydrogens is 162 g/mol. The number of nitrogens with zero attached hydrogens (tertiary/aromatic N) is 3. The first-order chi connectivity index (χ1) is 5.16. The monoisotopic (exact) mass is 169 g/mol. The molecule has 0 saturated carbocycles. The van der Waals surface area contributed by atoms with Gasteiger partial charge < -0.3 is 0 Å². The van der Waals surface area contributed by atoms with E-state index in [0.717, 1.165) is 0 Å². The topological polar surface area (TPSA) is 41.6 Å². The second-order valence-corrected chi connectivity index (χ2v) is 2.90. The summed E-state index contributed by atoms with van der Waals surface area (Å²) in [6.07, 6.45) is 1.49. The summed E-state index contributed by atoms with van der Waals surface area (Å²) in [5, 5.41) is 13.0. The van der Waals surface area contributed by atoms with Crippen LogP contribution in [-0.4, -0.2) is 9.78 Å². The molecule has 0 aromatic carbocycles. The SMILES string of the molecule is CC(C)n1ncc(Cl)c1C#N. The van der Waals surface area contributed by atoms with Crippen molar-refractivity contribution in [2.75, 3.05) is 0 Å². The fraction of sp³-hybridized carbons (Fsp3) is 0.429. The van der Waals surface area contributed by atoms with Gasteiger partial charge in [0, 0.05) is 6.04 Å². The fourth-order valence-electron chi connectivity index (χ4n) is 0.837. The van der Waals surface area contributed by atoms with Crippen LogP contribution in [0.4, 0.5) is 0 Å². The van der Waals surface area contributed by atoms with Crippen LogP contribution >= 0.6 is 11.6 Å². The summed E-state index contributed by atoms with van der Waals surface area (Å²) >= 11 is 5.68. The Hall–Kier alpha value is -1.01. The van der Waals surface area contributed by atoms with E-state index >= 15 is 0 Å². The van der Waals surface area contributed by atoms with Gasteiger partial charge in [-0.25, -0.2) is 0 Å². The molecule has 11 heavy (non-hydrogen) atoms. The van der Waals surface area contributed by atoms with Crippen molar-refractivity contribution in [3.8, 4) is 6.07 Å². The Labute approximate surface area is 70.2 Å². The van der Waals surface area contributed by atoms with Crippen LogP contribution < -0.4 is 0 Å². The van der Waals surface area contributed by atoms with Crippen molar-refractivity contribution in [3.05, 3.63) is 16.9 Å². The molecule has 0 atom stereocenters. The summed E-state index contributed by atoms with van der Waals surface area (Å²) in [7, 11) is 0. The summed E-state index contributed by atoms with van der Waals surface area (Å²) < 4.78 is 1.60. The first kappa shape index (κ1) is 8.09. The summed E-state index contributed by atoms with van der Waals surface area (Å²) in [5.74, 6) is 0. The molecule has 0 amide bonds. The van der Waals surface area contributed by atoms with Gasteiger partial charge in [0.25, 0.3) is 0 Å². The van der Waals surface area contributed by atoms with E-state index in [1.807, 2.05) is 19.9 Å². The second-order valence-electron chi connectivity index (χ2n) is 2.49. The van der Waals surface area contributed by atoms with Crippen molar-refractivity contribution >= 4 is 11.6 Å². The Bertz CT molecular complexity index is 295. The van der Waals surface area contributed by atoms with E-state index in [9.17, 15) is 0 Å². The third kappa shape index (κ3) is 1.36. The molecule has 0 aliphatic rings. The highest BCUT2D eigenvalue weighted by Crippen LogP contribution is 2.16. The van der Waals surface area contributed by atoms with E-state index in [1.165, 1.54) is 6.20 Å². The van der Waals surface area contributed by atoms with E-state index in [0.29, 0.717) is 10.7 Å². The summed E-state index contributed by atoms with van der Waals surface area (Å²) in [6, 6.07) is 2.17. The van der Waals surface area contributed by atoms with Gasteiger partial charge in [-0.1, -0.05) is 11.6 Å². The Kier molecular flexibility index (Phi) is 2.16. The smallest absolute Gasteiger partial charge is 0.157 e. The Morgan fingerprint density at radius 1 is 1.73 bits per heavy atom. The number of nitriles is 1. The molecule has 58 valence electrons. The third-order valence-corrected chi connectivity index (χ3v) is 1.62. The van der Waals surface area contributed by atoms with E-state index in [-0.39, 0.29) is 6.04 Å². The van der Waals surface area contributed by atoms with Crippen molar-refractivity contribution in [2.45, 2.75) is 19.9 Å². The molecule has 0 radical (unpaired) electrons. The molecule has 0 unspecified atom stereocenters. The average Bonchev–Trinajstić information content (AvgIpc) is 2.30. The zero-order chi connectivity index (χ0) is 8.43. The van der Waals surface area contributed by atoms with Gasteiger partial charge in [0.15, 0.2) is 5.69 Å². The van der Waals surface area contributed by atoms with Gasteiger partial charge in [0.1, 0.15) is 6.07 Å². The van der Waals surface area contributed by atoms with Crippen LogP contribution in [0.1, 0.15) is 25.6 Å². The summed E-state index contributed by atoms with van der Waals surface area (Å²) in [5.41, 5.74) is 0.432. The lowest BCUT2D eigenvalue weighted by molar-refractivity contribution is 0.527. The maximum absolute atomic E-state index is 8.64. The lowest BCUT2D eigenvalue weighted by atomic mass is 10.4. The summed E-state index contributed by atoms with van der Waals surface area (Å²) in [4.78, 5) is 0. The van der Waals surface area contributed by atoms with Crippen molar-refractivity contribution in [3.63, 3.8) is 0 Å². The van der Waals surface area contributed by atoms with Crippen LogP contribution in [0, 0.1) is 11.3 Å². The first-order valence-corrected chi connectivity index (χ1v) is 3.67. The third-order valence-electron chi connectivity index (χ3n) is 1.35. The number of halogens is 1. The minimum Gasteiger partial charge on any atom is -0.251 e. The highest BCUT2D eigenvalue weighted by Gasteiger charge is 2.09. The lowest BCUT2D eigenvalue weighted by Gasteiger charge is -2.04. The molecule has 1 aromatic heterocycles. The van der Waals surface area contributed by atoms with Crippen LogP contribution in [-0.2, 0) is 0 Å². The molecular formula is C7H8ClN3. The average molecular weight is 170 g/mol. The van der Waals surface area contributed by atoms with Crippen LogP contribution in [0.2, 0.25) is 5.02 Å². The number of hydrogen-bond acceptors (Lipinski definition) is 2. The molecule has 0 N–H and O–H groups in total. The van der Waals surface area contributed by atoms with Crippen molar-refractivity contribution in [1.29, 1.82) is 5.26 Å². The highest BCUT2D eigenvalue weighted by atomic mass is 35.5. The maximum Gasteiger partial charge on any atom is 0.157 e. The molecule has 1 rings (SSSR count). The summed E-state index contributed by atoms with van der Waals surface area (Å²) in [6.45, 7) is 3.90. The second kappa shape index (κ2) is 2.93. The number of rotatable bonds is 1. The molecule has 1 heterocycles. The predicted octanol–water partition coefficient (Wildman–Crippen LogP) is 1.99. The Morgan fingerprint density at radius 3 is 2.73 bits per heavy atom. The largest absolute Gasteiger partial charge is 0.251 e. The molecule has 1 aromatic rings. The van der Waals surface area contributed by atoms with Gasteiger partial charge in [0.2, 0.25) is 0 Å². The van der Waals surface area contributed by atoms with Gasteiger partial charge in [-0.3, -0.25) is 4.68 Å². The van der Waals surface area contributed by atoms with Crippen molar-refractivity contribution in [2.24, 2.45) is 0 Å². The van der Waals surface area contributed by atoms with Crippen LogP contribution in [0.15, 0.2) is 6.20 Å². The normalized spacial score (nSPS) is 10.1. The maximum atomic E-state index is 8.64. The molecule has 3 nitrogen and oxygen atoms in total. The standard InChI is InChI=1S/C7H8ClN3/c1-5(2)11-7(3-9)6(8)4-10-11/h4-5H,1-2H3. The predicted molar refractivity (Wildman–Crippen MR) is 42.3 cm³/mol. The molecule has 0 bridgehead atoms. The van der Waals surface area contributed by atoms with Crippen LogP contribution in [0.25, 0.3) is 0 Å². The van der Waals surface area contributed by atoms with E-state index < -0.39 is 0 Å². The number of aromatic nitrogens is 2. The van der Waals surface area contributed by atoms with Crippen LogP contribution in [0.3, 0.4) is 0 Å². The fourth-order valence-corrected chi connectivity index (χ4v) is 1.01. The van der Waals surface area contributed by atoms with Gasteiger partial charge in [-0.2, -0.15) is 10.4 Å². The number of hydrogen-bond donors (Lipinski definition) is 0.